The van der Waals surface area contributed by atoms with Gasteiger partial charge in [-0.25, -0.2) is 4.89 Å². The average molecular weight is 227 g/mol. The van der Waals surface area contributed by atoms with Crippen LogP contribution in [0, 0.1) is 10.1 Å². The normalized spacial score (nSPS) is 19.4. The van der Waals surface area contributed by atoms with Crippen molar-refractivity contribution in [2.75, 3.05) is 6.61 Å². The lowest BCUT2D eigenvalue weighted by atomic mass is 10.9. The monoisotopic (exact) mass is 227 g/mol. The molecular weight excluding hydrogens is 221 g/mol. The van der Waals surface area contributed by atoms with Gasteiger partial charge in [-0.1, -0.05) is 0 Å². The van der Waals surface area contributed by atoms with E-state index in [-0.39, 0.29) is 6.61 Å². The van der Waals surface area contributed by atoms with E-state index < -0.39 is 29.3 Å². The van der Waals surface area contributed by atoms with E-state index in [1.165, 1.54) is 0 Å². The van der Waals surface area contributed by atoms with Crippen LogP contribution in [-0.4, -0.2) is 40.7 Å². The Morgan fingerprint density at radius 2 is 2.31 bits per heavy atom. The van der Waals surface area contributed by atoms with Crippen LogP contribution in [0.5, 0.6) is 0 Å². The molecule has 1 aliphatic rings. The van der Waals surface area contributed by atoms with Gasteiger partial charge in [0.2, 0.25) is 0 Å². The highest BCUT2D eigenvalue weighted by Crippen LogP contribution is 2.20. The zero-order valence-corrected chi connectivity index (χ0v) is 8.69. The third kappa shape index (κ3) is 3.18. The maximum atomic E-state index is 9.75. The van der Waals surface area contributed by atoms with Crippen LogP contribution in [0.15, 0.2) is 0 Å². The fourth-order valence-electron chi connectivity index (χ4n) is 0.538. The Kier molecular flexibility index (Phi) is 3.59. The van der Waals surface area contributed by atoms with Gasteiger partial charge in [0, 0.05) is 0 Å². The summed E-state index contributed by atoms with van der Waals surface area (Å²) in [5.41, 5.74) is 0. The van der Waals surface area contributed by atoms with Crippen molar-refractivity contribution >= 4 is 24.2 Å². The maximum Gasteiger partial charge on any atom is 0.909 e. The van der Waals surface area contributed by atoms with E-state index in [9.17, 15) is 10.1 Å². The molecule has 0 unspecified atom stereocenters. The second-order valence-electron chi connectivity index (χ2n) is 1.87. The molecule has 11 heteroatoms. The van der Waals surface area contributed by atoms with Crippen molar-refractivity contribution in [3.63, 3.8) is 0 Å². The van der Waals surface area contributed by atoms with Crippen LogP contribution >= 0.6 is 0 Å². The average Bonchev–Trinajstić information content (AvgIpc) is 1.97. The molecule has 13 heavy (non-hydrogen) atoms. The van der Waals surface area contributed by atoms with E-state index in [0.717, 1.165) is 0 Å². The van der Waals surface area contributed by atoms with E-state index >= 15 is 0 Å². The maximum absolute atomic E-state index is 9.75. The van der Waals surface area contributed by atoms with Gasteiger partial charge in [-0.3, -0.25) is 0 Å². The Bertz CT molecular complexity index is 195. The molecule has 0 amide bonds. The molecule has 0 saturated carbocycles. The van der Waals surface area contributed by atoms with E-state index in [0.29, 0.717) is 0 Å². The first kappa shape index (κ1) is 10.8. The number of hydrogen-bond donors (Lipinski definition) is 1. The van der Waals surface area contributed by atoms with E-state index in [2.05, 4.69) is 20.3 Å². The van der Waals surface area contributed by atoms with E-state index in [1.807, 2.05) is 0 Å². The highest BCUT2D eigenvalue weighted by molar-refractivity contribution is 6.74. The van der Waals surface area contributed by atoms with Crippen molar-refractivity contribution in [2.45, 2.75) is 6.92 Å². The third-order valence-electron chi connectivity index (χ3n) is 0.945. The van der Waals surface area contributed by atoms with Crippen LogP contribution in [0.3, 0.4) is 0 Å². The molecule has 0 atom stereocenters. The van der Waals surface area contributed by atoms with E-state index in [1.54, 1.807) is 6.92 Å². The fraction of sp³-hybridized carbons (Fsp3) is 1.00. The summed E-state index contributed by atoms with van der Waals surface area (Å²) in [6.07, 6.45) is 0. The largest absolute Gasteiger partial charge is 0.909 e. The molecule has 9 nitrogen and oxygen atoms in total. The molecule has 0 aliphatic carbocycles. The number of nitrogens with zero attached hydrogens (tertiary/aromatic N) is 1. The summed E-state index contributed by atoms with van der Waals surface area (Å²) in [6.45, 7) is 1.82. The van der Waals surface area contributed by atoms with Crippen LogP contribution in [0.25, 0.3) is 0 Å². The smallest absolute Gasteiger partial charge is 0.438 e. The van der Waals surface area contributed by atoms with Crippen molar-refractivity contribution in [2.24, 2.45) is 0 Å². The van der Waals surface area contributed by atoms with Crippen molar-refractivity contribution in [1.29, 1.82) is 0 Å². The second kappa shape index (κ2) is 4.31. The van der Waals surface area contributed by atoms with Crippen molar-refractivity contribution in [1.82, 2.24) is 0 Å². The Labute approximate surface area is 78.6 Å². The second-order valence-corrected chi connectivity index (χ2v) is 5.76. The van der Waals surface area contributed by atoms with Crippen molar-refractivity contribution < 1.29 is 30.2 Å². The topological polar surface area (TPSA) is 110 Å². The summed E-state index contributed by atoms with van der Waals surface area (Å²) in [7, 11) is -3.74. The molecular formula is C2H6AlNO8Si. The predicted octanol–water partition coefficient (Wildman–Crippen LogP) is -1.38. The zero-order valence-electron chi connectivity index (χ0n) is 6.54. The van der Waals surface area contributed by atoms with Gasteiger partial charge in [0.25, 0.3) is 5.09 Å². The summed E-state index contributed by atoms with van der Waals surface area (Å²) >= 11 is -2.82. The van der Waals surface area contributed by atoms with Crippen molar-refractivity contribution in [3.8, 4) is 0 Å². The Balaban J connectivity index is 2.18. The minimum absolute atomic E-state index is 0.199. The predicted molar refractivity (Wildman–Crippen MR) is 36.7 cm³/mol. The molecule has 0 spiro atoms. The van der Waals surface area contributed by atoms with Crippen LogP contribution in [0.1, 0.15) is 6.92 Å². The first-order chi connectivity index (χ1) is 6.06. The molecule has 1 fully saturated rings. The molecule has 0 aromatic carbocycles. The molecule has 0 radical (unpaired) electrons. The van der Waals surface area contributed by atoms with Gasteiger partial charge in [0.15, 0.2) is 0 Å². The minimum Gasteiger partial charge on any atom is -0.438 e. The summed E-state index contributed by atoms with van der Waals surface area (Å²) < 4.78 is 17.3. The highest BCUT2D eigenvalue weighted by atomic mass is 28.4. The number of hydrogen-bond acceptors (Lipinski definition) is 8. The Morgan fingerprint density at radius 3 is 2.77 bits per heavy atom. The molecule has 0 aromatic heterocycles. The first-order valence-electron chi connectivity index (χ1n) is 3.25. The molecule has 1 saturated heterocycles. The molecule has 1 rings (SSSR count). The molecule has 1 N–H and O–H groups in total. The van der Waals surface area contributed by atoms with Gasteiger partial charge in [-0.05, 0) is 6.92 Å². The Morgan fingerprint density at radius 1 is 1.69 bits per heavy atom. The van der Waals surface area contributed by atoms with Gasteiger partial charge in [0.1, 0.15) is 0 Å². The minimum atomic E-state index is -3.74. The molecule has 0 aromatic rings. The van der Waals surface area contributed by atoms with Gasteiger partial charge in [-0.2, -0.15) is 4.58 Å². The first-order valence-corrected chi connectivity index (χ1v) is 6.34. The lowest BCUT2D eigenvalue weighted by Crippen LogP contribution is -2.65. The van der Waals surface area contributed by atoms with Crippen LogP contribution in [-0.2, 0) is 20.3 Å². The zero-order chi connectivity index (χ0) is 9.90. The fourth-order valence-corrected chi connectivity index (χ4v) is 3.62. The summed E-state index contributed by atoms with van der Waals surface area (Å²) in [6, 6.07) is 0. The van der Waals surface area contributed by atoms with Gasteiger partial charge in [0.05, 0.1) is 6.61 Å². The van der Waals surface area contributed by atoms with Crippen LogP contribution in [0.2, 0.25) is 0 Å². The number of rotatable bonds is 5. The molecule has 74 valence electrons. The lowest BCUT2D eigenvalue weighted by Gasteiger charge is -2.33. The Hall–Kier alpha value is -0.251. The van der Waals surface area contributed by atoms with Gasteiger partial charge < -0.3 is 15.6 Å². The molecule has 1 aliphatic heterocycles. The lowest BCUT2D eigenvalue weighted by molar-refractivity contribution is -0.725. The third-order valence-corrected chi connectivity index (χ3v) is 5.54. The molecule has 1 heterocycles. The van der Waals surface area contributed by atoms with Gasteiger partial charge >= 0.3 is 24.2 Å². The standard InChI is InChI=1S/C2H6O5Si.Al.NO3/c1-2-6-7-8(3,4)5;;2-1(3)4/h3H,2H2,1H3;;/q-2;+3;-1. The quantitative estimate of drug-likeness (QED) is 0.265. The summed E-state index contributed by atoms with van der Waals surface area (Å²) in [5, 5.41) is 8.70. The van der Waals surface area contributed by atoms with Crippen LogP contribution in [0.4, 0.5) is 0 Å². The SMILES string of the molecule is CCOO[Si]1(O)[O][Al]([O][N+](=O)[O-])[O]1. The molecule has 0 bridgehead atoms. The highest BCUT2D eigenvalue weighted by Gasteiger charge is 2.65. The van der Waals surface area contributed by atoms with Crippen LogP contribution < -0.4 is 0 Å². The van der Waals surface area contributed by atoms with Crippen molar-refractivity contribution in [3.05, 3.63) is 10.1 Å². The van der Waals surface area contributed by atoms with Gasteiger partial charge in [-0.15, -0.1) is 10.1 Å². The summed E-state index contributed by atoms with van der Waals surface area (Å²) in [4.78, 5) is 23.2. The van der Waals surface area contributed by atoms with E-state index in [4.69, 9.17) is 4.80 Å². The summed E-state index contributed by atoms with van der Waals surface area (Å²) in [5.74, 6) is 0.